The molecule has 1 aromatic carbocycles. The molecule has 1 saturated heterocycles. The van der Waals surface area contributed by atoms with Crippen LogP contribution in [0, 0.1) is 5.82 Å². The van der Waals surface area contributed by atoms with Gasteiger partial charge in [-0.2, -0.15) is 5.10 Å². The van der Waals surface area contributed by atoms with Gasteiger partial charge < -0.3 is 9.64 Å². The second kappa shape index (κ2) is 8.21. The van der Waals surface area contributed by atoms with E-state index in [0.717, 1.165) is 25.0 Å². The summed E-state index contributed by atoms with van der Waals surface area (Å²) in [6.45, 7) is 0.857. The number of hydrogen-bond donors (Lipinski definition) is 1. The van der Waals surface area contributed by atoms with Crippen molar-refractivity contribution in [2.75, 3.05) is 6.54 Å². The highest BCUT2D eigenvalue weighted by molar-refractivity contribution is 5.92. The minimum Gasteiger partial charge on any atom is -0.487 e. The van der Waals surface area contributed by atoms with E-state index < -0.39 is 0 Å². The average molecular weight is 380 g/mol. The van der Waals surface area contributed by atoms with Gasteiger partial charge in [0.2, 0.25) is 0 Å². The van der Waals surface area contributed by atoms with Crippen LogP contribution in [-0.2, 0) is 6.61 Å². The van der Waals surface area contributed by atoms with E-state index in [4.69, 9.17) is 4.74 Å². The molecule has 2 aromatic heterocycles. The Morgan fingerprint density at radius 1 is 1.21 bits per heavy atom. The van der Waals surface area contributed by atoms with Crippen molar-refractivity contribution in [3.63, 3.8) is 0 Å². The summed E-state index contributed by atoms with van der Waals surface area (Å²) in [5, 5.41) is 6.99. The fourth-order valence-electron chi connectivity index (χ4n) is 3.47. The van der Waals surface area contributed by atoms with Crippen molar-refractivity contribution in [1.82, 2.24) is 20.1 Å². The molecule has 0 bridgehead atoms. The molecular formula is C21H21FN4O2. The topological polar surface area (TPSA) is 71.1 Å². The van der Waals surface area contributed by atoms with Gasteiger partial charge in [-0.25, -0.2) is 4.39 Å². The van der Waals surface area contributed by atoms with Crippen LogP contribution in [0.25, 0.3) is 0 Å². The third-order valence-electron chi connectivity index (χ3n) is 4.83. The lowest BCUT2D eigenvalue weighted by molar-refractivity contribution is 0.0600. The predicted octanol–water partition coefficient (Wildman–Crippen LogP) is 3.89. The van der Waals surface area contributed by atoms with E-state index in [1.807, 2.05) is 23.1 Å². The second-order valence-electron chi connectivity index (χ2n) is 6.79. The van der Waals surface area contributed by atoms with Crippen molar-refractivity contribution in [3.8, 4) is 5.75 Å². The van der Waals surface area contributed by atoms with Crippen LogP contribution >= 0.6 is 0 Å². The van der Waals surface area contributed by atoms with Crippen molar-refractivity contribution in [2.24, 2.45) is 0 Å². The van der Waals surface area contributed by atoms with Gasteiger partial charge in [0.05, 0.1) is 17.4 Å². The number of nitrogens with one attached hydrogen (secondary N) is 1. The number of hydrogen-bond acceptors (Lipinski definition) is 4. The van der Waals surface area contributed by atoms with Crippen molar-refractivity contribution < 1.29 is 13.9 Å². The molecule has 0 aliphatic carbocycles. The molecule has 0 radical (unpaired) electrons. The van der Waals surface area contributed by atoms with Crippen LogP contribution in [0.3, 0.4) is 0 Å². The third-order valence-corrected chi connectivity index (χ3v) is 4.83. The number of rotatable bonds is 5. The summed E-state index contributed by atoms with van der Waals surface area (Å²) in [6, 6.07) is 13.4. The number of H-pyrrole nitrogens is 1. The smallest absolute Gasteiger partial charge is 0.274 e. The highest BCUT2D eigenvalue weighted by Crippen LogP contribution is 2.30. The van der Waals surface area contributed by atoms with Gasteiger partial charge in [0, 0.05) is 18.8 Å². The van der Waals surface area contributed by atoms with Gasteiger partial charge in [-0.3, -0.25) is 14.9 Å². The fraction of sp³-hybridized carbons (Fsp3) is 0.286. The molecule has 3 aromatic rings. The van der Waals surface area contributed by atoms with Gasteiger partial charge in [0.1, 0.15) is 18.2 Å². The van der Waals surface area contributed by atoms with E-state index in [9.17, 15) is 9.18 Å². The zero-order valence-electron chi connectivity index (χ0n) is 15.3. The zero-order chi connectivity index (χ0) is 19.3. The lowest BCUT2D eigenvalue weighted by Crippen LogP contribution is -2.39. The number of amides is 1. The van der Waals surface area contributed by atoms with E-state index in [-0.39, 0.29) is 24.4 Å². The van der Waals surface area contributed by atoms with E-state index in [2.05, 4.69) is 15.2 Å². The largest absolute Gasteiger partial charge is 0.487 e. The first kappa shape index (κ1) is 18.2. The van der Waals surface area contributed by atoms with Crippen molar-refractivity contribution in [3.05, 3.63) is 77.6 Å². The molecule has 6 nitrogen and oxygen atoms in total. The number of carbonyl (C=O) groups is 1. The van der Waals surface area contributed by atoms with E-state index in [1.165, 1.54) is 12.1 Å². The molecule has 7 heteroatoms. The van der Waals surface area contributed by atoms with Crippen LogP contribution in [0.1, 0.15) is 47.2 Å². The molecule has 1 aliphatic rings. The number of halogens is 1. The van der Waals surface area contributed by atoms with Gasteiger partial charge in [-0.05, 0) is 49.6 Å². The predicted molar refractivity (Wildman–Crippen MR) is 101 cm³/mol. The third kappa shape index (κ3) is 4.03. The first-order valence-electron chi connectivity index (χ1n) is 9.35. The van der Waals surface area contributed by atoms with Gasteiger partial charge in [-0.15, -0.1) is 0 Å². The highest BCUT2D eigenvalue weighted by Gasteiger charge is 2.30. The Bertz CT molecular complexity index is 944. The molecule has 0 unspecified atom stereocenters. The number of aromatic nitrogens is 3. The van der Waals surface area contributed by atoms with Gasteiger partial charge in [-0.1, -0.05) is 12.1 Å². The number of likely N-dealkylation sites (tertiary alicyclic amines) is 1. The number of benzene rings is 1. The quantitative estimate of drug-likeness (QED) is 0.729. The second-order valence-corrected chi connectivity index (χ2v) is 6.79. The molecule has 1 amide bonds. The van der Waals surface area contributed by atoms with Crippen LogP contribution in [-0.4, -0.2) is 32.5 Å². The summed E-state index contributed by atoms with van der Waals surface area (Å²) in [7, 11) is 0. The Morgan fingerprint density at radius 3 is 2.96 bits per heavy atom. The van der Waals surface area contributed by atoms with E-state index in [1.54, 1.807) is 24.4 Å². The van der Waals surface area contributed by atoms with Crippen molar-refractivity contribution in [2.45, 2.75) is 31.9 Å². The number of pyridine rings is 1. The SMILES string of the molecule is O=C(c1cc(COc2cccc(F)c2)[nH]n1)N1CCCC[C@H]1c1ccccn1. The number of ether oxygens (including phenoxy) is 1. The summed E-state index contributed by atoms with van der Waals surface area (Å²) < 4.78 is 18.8. The fourth-order valence-corrected chi connectivity index (χ4v) is 3.47. The highest BCUT2D eigenvalue weighted by atomic mass is 19.1. The number of nitrogens with zero attached hydrogens (tertiary/aromatic N) is 3. The number of aromatic amines is 1. The molecule has 0 saturated carbocycles. The summed E-state index contributed by atoms with van der Waals surface area (Å²) >= 11 is 0. The monoisotopic (exact) mass is 380 g/mol. The van der Waals surface area contributed by atoms with E-state index >= 15 is 0 Å². The number of piperidine rings is 1. The molecule has 28 heavy (non-hydrogen) atoms. The van der Waals surface area contributed by atoms with Crippen LogP contribution in [0.5, 0.6) is 5.75 Å². The van der Waals surface area contributed by atoms with Crippen LogP contribution in [0.2, 0.25) is 0 Å². The van der Waals surface area contributed by atoms with Crippen LogP contribution in [0.15, 0.2) is 54.7 Å². The lowest BCUT2D eigenvalue weighted by atomic mass is 9.98. The summed E-state index contributed by atoms with van der Waals surface area (Å²) in [5.74, 6) is -0.0547. The Balaban J connectivity index is 1.45. The Hall–Kier alpha value is -3.22. The molecule has 1 fully saturated rings. The maximum absolute atomic E-state index is 13.2. The van der Waals surface area contributed by atoms with E-state index in [0.29, 0.717) is 23.7 Å². The normalized spacial score (nSPS) is 16.8. The lowest BCUT2D eigenvalue weighted by Gasteiger charge is -2.34. The maximum atomic E-state index is 13.2. The minimum absolute atomic E-state index is 0.0360. The Morgan fingerprint density at radius 2 is 2.14 bits per heavy atom. The first-order valence-corrected chi connectivity index (χ1v) is 9.35. The zero-order valence-corrected chi connectivity index (χ0v) is 15.3. The molecule has 144 valence electrons. The van der Waals surface area contributed by atoms with Gasteiger partial charge in [0.25, 0.3) is 5.91 Å². The van der Waals surface area contributed by atoms with Crippen LogP contribution < -0.4 is 4.74 Å². The molecule has 1 N–H and O–H groups in total. The Kier molecular flexibility index (Phi) is 5.32. The number of carbonyl (C=O) groups excluding carboxylic acids is 1. The molecule has 3 heterocycles. The summed E-state index contributed by atoms with van der Waals surface area (Å²) in [6.07, 6.45) is 4.68. The van der Waals surface area contributed by atoms with Crippen molar-refractivity contribution in [1.29, 1.82) is 0 Å². The molecular weight excluding hydrogens is 359 g/mol. The van der Waals surface area contributed by atoms with Gasteiger partial charge in [0.15, 0.2) is 5.69 Å². The standard InChI is InChI=1S/C21H21FN4O2/c22-15-6-5-7-17(12-15)28-14-16-13-19(25-24-16)21(27)26-11-4-2-9-20(26)18-8-1-3-10-23-18/h1,3,5-8,10,12-13,20H,2,4,9,11,14H2,(H,24,25)/t20-/m0/s1. The minimum atomic E-state index is -0.358. The summed E-state index contributed by atoms with van der Waals surface area (Å²) in [4.78, 5) is 19.3. The van der Waals surface area contributed by atoms with Gasteiger partial charge >= 0.3 is 0 Å². The molecule has 1 atom stereocenters. The summed E-state index contributed by atoms with van der Waals surface area (Å²) in [5.41, 5.74) is 1.90. The average Bonchev–Trinajstić information content (AvgIpc) is 3.21. The molecule has 0 spiro atoms. The molecule has 1 aliphatic heterocycles. The first-order chi connectivity index (χ1) is 13.7. The van der Waals surface area contributed by atoms with Crippen molar-refractivity contribution >= 4 is 5.91 Å². The maximum Gasteiger partial charge on any atom is 0.274 e. The Labute approximate surface area is 162 Å². The van der Waals surface area contributed by atoms with Crippen LogP contribution in [0.4, 0.5) is 4.39 Å². The molecule has 4 rings (SSSR count).